The van der Waals surface area contributed by atoms with Crippen LogP contribution >= 0.6 is 0 Å². The van der Waals surface area contributed by atoms with Crippen LogP contribution in [-0.2, 0) is 0 Å². The van der Waals surface area contributed by atoms with Gasteiger partial charge in [0.1, 0.15) is 11.5 Å². The summed E-state index contributed by atoms with van der Waals surface area (Å²) in [7, 11) is 0. The molecule has 2 heterocycles. The van der Waals surface area contributed by atoms with Crippen molar-refractivity contribution >= 4 is 5.91 Å². The maximum Gasteiger partial charge on any atom is 0.257 e. The number of amides is 1. The molecule has 0 radical (unpaired) electrons. The fourth-order valence-electron chi connectivity index (χ4n) is 2.84. The van der Waals surface area contributed by atoms with Gasteiger partial charge in [0.05, 0.1) is 5.56 Å². The summed E-state index contributed by atoms with van der Waals surface area (Å²) in [5.41, 5.74) is 0.726. The number of nitrogens with zero attached hydrogens (tertiary/aromatic N) is 1. The van der Waals surface area contributed by atoms with Gasteiger partial charge in [-0.3, -0.25) is 4.79 Å². The van der Waals surface area contributed by atoms with Crippen LogP contribution in [0.2, 0.25) is 0 Å². The first-order valence-electron chi connectivity index (χ1n) is 6.33. The third kappa shape index (κ3) is 2.54. The molecular weight excluding hydrogens is 214 g/mol. The molecule has 1 aliphatic heterocycles. The molecular formula is C14H21NO2. The highest BCUT2D eigenvalue weighted by atomic mass is 16.3. The number of hydrogen-bond donors (Lipinski definition) is 0. The molecule has 1 aliphatic rings. The fraction of sp³-hybridized carbons (Fsp3) is 0.643. The lowest BCUT2D eigenvalue weighted by Crippen LogP contribution is -2.42. The van der Waals surface area contributed by atoms with Crippen molar-refractivity contribution in [1.82, 2.24) is 4.90 Å². The molecule has 94 valence electrons. The third-order valence-electron chi connectivity index (χ3n) is 3.43. The van der Waals surface area contributed by atoms with Crippen molar-refractivity contribution in [3.8, 4) is 0 Å². The summed E-state index contributed by atoms with van der Waals surface area (Å²) in [6.07, 6.45) is 1.22. The Morgan fingerprint density at radius 3 is 2.35 bits per heavy atom. The molecule has 17 heavy (non-hydrogen) atoms. The first-order chi connectivity index (χ1) is 7.97. The molecule has 0 unspecified atom stereocenters. The molecule has 1 saturated heterocycles. The Bertz CT molecular complexity index is 412. The van der Waals surface area contributed by atoms with E-state index < -0.39 is 0 Å². The topological polar surface area (TPSA) is 33.5 Å². The van der Waals surface area contributed by atoms with E-state index in [0.29, 0.717) is 11.8 Å². The average molecular weight is 235 g/mol. The summed E-state index contributed by atoms with van der Waals surface area (Å²) < 4.78 is 5.43. The number of carbonyl (C=O) groups excluding carboxylic acids is 1. The van der Waals surface area contributed by atoms with Gasteiger partial charge in [-0.25, -0.2) is 0 Å². The molecule has 1 aromatic heterocycles. The lowest BCUT2D eigenvalue weighted by molar-refractivity contribution is 0.0621. The highest BCUT2D eigenvalue weighted by Gasteiger charge is 2.27. The van der Waals surface area contributed by atoms with Gasteiger partial charge in [-0.05, 0) is 38.2 Å². The zero-order valence-corrected chi connectivity index (χ0v) is 11.1. The van der Waals surface area contributed by atoms with Gasteiger partial charge in [0.25, 0.3) is 5.91 Å². The Morgan fingerprint density at radius 1 is 1.29 bits per heavy atom. The zero-order chi connectivity index (χ0) is 12.6. The summed E-state index contributed by atoms with van der Waals surface area (Å²) in [5.74, 6) is 2.85. The van der Waals surface area contributed by atoms with Crippen molar-refractivity contribution in [3.63, 3.8) is 0 Å². The maximum absolute atomic E-state index is 12.4. The van der Waals surface area contributed by atoms with E-state index in [1.807, 2.05) is 24.8 Å². The molecule has 0 saturated carbocycles. The highest BCUT2D eigenvalue weighted by Crippen LogP contribution is 2.24. The van der Waals surface area contributed by atoms with Crippen LogP contribution in [0.25, 0.3) is 0 Å². The van der Waals surface area contributed by atoms with E-state index in [0.717, 1.165) is 30.2 Å². The van der Waals surface area contributed by atoms with Crippen LogP contribution in [0.3, 0.4) is 0 Å². The minimum Gasteiger partial charge on any atom is -0.466 e. The van der Waals surface area contributed by atoms with Gasteiger partial charge in [-0.1, -0.05) is 13.8 Å². The normalized spacial score (nSPS) is 25.1. The number of aryl methyl sites for hydroxylation is 2. The molecule has 0 aromatic carbocycles. The van der Waals surface area contributed by atoms with Crippen molar-refractivity contribution in [2.24, 2.45) is 11.8 Å². The number of hydrogen-bond acceptors (Lipinski definition) is 2. The van der Waals surface area contributed by atoms with Crippen molar-refractivity contribution < 1.29 is 9.21 Å². The van der Waals surface area contributed by atoms with Crippen molar-refractivity contribution in [2.45, 2.75) is 34.1 Å². The van der Waals surface area contributed by atoms with Crippen LogP contribution in [0.1, 0.15) is 42.1 Å². The first kappa shape index (κ1) is 12.2. The SMILES string of the molecule is Cc1cc(C(=O)N2C[C@H](C)C[C@@H](C)C2)c(C)o1. The minimum absolute atomic E-state index is 0.123. The predicted molar refractivity (Wildman–Crippen MR) is 67.0 cm³/mol. The highest BCUT2D eigenvalue weighted by molar-refractivity contribution is 5.95. The Balaban J connectivity index is 2.17. The van der Waals surface area contributed by atoms with E-state index >= 15 is 0 Å². The second kappa shape index (κ2) is 4.55. The molecule has 0 bridgehead atoms. The smallest absolute Gasteiger partial charge is 0.257 e. The summed E-state index contributed by atoms with van der Waals surface area (Å²) >= 11 is 0. The van der Waals surface area contributed by atoms with Crippen molar-refractivity contribution in [3.05, 3.63) is 23.2 Å². The monoisotopic (exact) mass is 235 g/mol. The second-order valence-electron chi connectivity index (χ2n) is 5.48. The molecule has 0 spiro atoms. The van der Waals surface area contributed by atoms with Crippen molar-refractivity contribution in [1.29, 1.82) is 0 Å². The Kier molecular flexibility index (Phi) is 3.27. The van der Waals surface area contributed by atoms with Crippen LogP contribution < -0.4 is 0 Å². The number of likely N-dealkylation sites (tertiary alicyclic amines) is 1. The predicted octanol–water partition coefficient (Wildman–Crippen LogP) is 3.01. The first-order valence-corrected chi connectivity index (χ1v) is 6.33. The molecule has 1 aromatic rings. The van der Waals surface area contributed by atoms with E-state index in [9.17, 15) is 4.79 Å². The minimum atomic E-state index is 0.123. The fourth-order valence-corrected chi connectivity index (χ4v) is 2.84. The van der Waals surface area contributed by atoms with E-state index in [1.165, 1.54) is 6.42 Å². The standard InChI is InChI=1S/C14H21NO2/c1-9-5-10(2)8-15(7-9)14(16)13-6-11(3)17-12(13)4/h6,9-10H,5,7-8H2,1-4H3/t9-,10-/m1/s1. The third-order valence-corrected chi connectivity index (χ3v) is 3.43. The van der Waals surface area contributed by atoms with Crippen LogP contribution in [0.15, 0.2) is 10.5 Å². The molecule has 2 rings (SSSR count). The van der Waals surface area contributed by atoms with Crippen LogP contribution in [-0.4, -0.2) is 23.9 Å². The number of furan rings is 1. The Hall–Kier alpha value is -1.25. The van der Waals surface area contributed by atoms with Gasteiger partial charge in [0, 0.05) is 13.1 Å². The van der Waals surface area contributed by atoms with Crippen molar-refractivity contribution in [2.75, 3.05) is 13.1 Å². The zero-order valence-electron chi connectivity index (χ0n) is 11.1. The lowest BCUT2D eigenvalue weighted by atomic mass is 9.91. The number of rotatable bonds is 1. The van der Waals surface area contributed by atoms with E-state index in [4.69, 9.17) is 4.42 Å². The second-order valence-corrected chi connectivity index (χ2v) is 5.48. The summed E-state index contributed by atoms with van der Waals surface area (Å²) in [6.45, 7) is 9.90. The Labute approximate surface area is 103 Å². The molecule has 3 heteroatoms. The largest absolute Gasteiger partial charge is 0.466 e. The average Bonchev–Trinajstić information content (AvgIpc) is 2.55. The van der Waals surface area contributed by atoms with Gasteiger partial charge in [-0.2, -0.15) is 0 Å². The van der Waals surface area contributed by atoms with E-state index in [2.05, 4.69) is 13.8 Å². The van der Waals surface area contributed by atoms with Crippen LogP contribution in [0.5, 0.6) is 0 Å². The molecule has 1 amide bonds. The number of piperidine rings is 1. The summed E-state index contributed by atoms with van der Waals surface area (Å²) in [4.78, 5) is 14.4. The van der Waals surface area contributed by atoms with Gasteiger partial charge < -0.3 is 9.32 Å². The molecule has 3 nitrogen and oxygen atoms in total. The Morgan fingerprint density at radius 2 is 1.88 bits per heavy atom. The van der Waals surface area contributed by atoms with Crippen LogP contribution in [0.4, 0.5) is 0 Å². The molecule has 1 fully saturated rings. The number of carbonyl (C=O) groups is 1. The van der Waals surface area contributed by atoms with E-state index in [1.54, 1.807) is 0 Å². The molecule has 0 N–H and O–H groups in total. The summed E-state index contributed by atoms with van der Waals surface area (Å²) in [5, 5.41) is 0. The lowest BCUT2D eigenvalue weighted by Gasteiger charge is -2.34. The molecule has 2 atom stereocenters. The van der Waals surface area contributed by atoms with E-state index in [-0.39, 0.29) is 5.91 Å². The van der Waals surface area contributed by atoms with Crippen LogP contribution in [0, 0.1) is 25.7 Å². The summed E-state index contributed by atoms with van der Waals surface area (Å²) in [6, 6.07) is 1.85. The molecule has 0 aliphatic carbocycles. The van der Waals surface area contributed by atoms with Gasteiger partial charge in [-0.15, -0.1) is 0 Å². The van der Waals surface area contributed by atoms with Gasteiger partial charge >= 0.3 is 0 Å². The van der Waals surface area contributed by atoms with Gasteiger partial charge in [0.15, 0.2) is 0 Å². The van der Waals surface area contributed by atoms with Gasteiger partial charge in [0.2, 0.25) is 0 Å². The quantitative estimate of drug-likeness (QED) is 0.749. The maximum atomic E-state index is 12.4.